The van der Waals surface area contributed by atoms with Crippen LogP contribution in [0.5, 0.6) is 17.2 Å². The van der Waals surface area contributed by atoms with Crippen molar-refractivity contribution in [2.75, 3.05) is 20.3 Å². The van der Waals surface area contributed by atoms with Crippen LogP contribution in [0, 0.1) is 0 Å². The van der Waals surface area contributed by atoms with Crippen molar-refractivity contribution in [3.8, 4) is 17.2 Å². The zero-order chi connectivity index (χ0) is 25.0. The Morgan fingerprint density at radius 1 is 0.971 bits per heavy atom. The number of hydrogen-bond acceptors (Lipinski definition) is 6. The van der Waals surface area contributed by atoms with E-state index in [9.17, 15) is 9.59 Å². The lowest BCUT2D eigenvalue weighted by molar-refractivity contribution is -0.120. The minimum atomic E-state index is -0.469. The van der Waals surface area contributed by atoms with E-state index in [1.807, 2.05) is 31.2 Å². The Morgan fingerprint density at radius 3 is 2.49 bits per heavy atom. The van der Waals surface area contributed by atoms with E-state index in [0.717, 1.165) is 10.0 Å². The van der Waals surface area contributed by atoms with E-state index in [0.29, 0.717) is 41.6 Å². The molecule has 35 heavy (non-hydrogen) atoms. The summed E-state index contributed by atoms with van der Waals surface area (Å²) in [6.45, 7) is 2.52. The first-order valence-corrected chi connectivity index (χ1v) is 11.7. The van der Waals surface area contributed by atoms with E-state index in [2.05, 4.69) is 31.8 Å². The van der Waals surface area contributed by atoms with Gasteiger partial charge in [-0.15, -0.1) is 0 Å². The molecular weight excluding hydrogens is 514 g/mol. The van der Waals surface area contributed by atoms with Gasteiger partial charge in [-0.2, -0.15) is 5.10 Å². The standard InChI is InChI=1S/C26H26BrN3O5/c1-3-34-24-14-19(10-13-23(24)35-17-18-8-11-20(27)12-9-18)15-29-30-25(31)16-28-26(32)21-6-4-5-7-22(21)33-2/h4-15H,3,16-17H2,1-2H3,(H,28,32)(H,30,31). The molecule has 3 aromatic rings. The number of methoxy groups -OCH3 is 1. The highest BCUT2D eigenvalue weighted by Gasteiger charge is 2.12. The molecule has 0 spiro atoms. The summed E-state index contributed by atoms with van der Waals surface area (Å²) in [4.78, 5) is 24.3. The van der Waals surface area contributed by atoms with Gasteiger partial charge < -0.3 is 19.5 Å². The number of rotatable bonds is 11. The lowest BCUT2D eigenvalue weighted by Gasteiger charge is -2.12. The van der Waals surface area contributed by atoms with Crippen LogP contribution in [0.2, 0.25) is 0 Å². The summed E-state index contributed by atoms with van der Waals surface area (Å²) in [7, 11) is 1.48. The fraction of sp³-hybridized carbons (Fsp3) is 0.192. The summed E-state index contributed by atoms with van der Waals surface area (Å²) in [5.41, 5.74) is 4.48. The van der Waals surface area contributed by atoms with E-state index in [1.54, 1.807) is 42.5 Å². The smallest absolute Gasteiger partial charge is 0.259 e. The number of carbonyl (C=O) groups is 2. The van der Waals surface area contributed by atoms with Crippen molar-refractivity contribution in [1.29, 1.82) is 0 Å². The van der Waals surface area contributed by atoms with Gasteiger partial charge in [0.15, 0.2) is 11.5 Å². The average molecular weight is 540 g/mol. The number of hydrogen-bond donors (Lipinski definition) is 2. The highest BCUT2D eigenvalue weighted by atomic mass is 79.9. The zero-order valence-corrected chi connectivity index (χ0v) is 21.0. The van der Waals surface area contributed by atoms with Crippen LogP contribution in [0.15, 0.2) is 76.3 Å². The van der Waals surface area contributed by atoms with Crippen molar-refractivity contribution < 1.29 is 23.8 Å². The van der Waals surface area contributed by atoms with E-state index < -0.39 is 11.8 Å². The Hall–Kier alpha value is -3.85. The lowest BCUT2D eigenvalue weighted by atomic mass is 10.2. The Labute approximate surface area is 212 Å². The largest absolute Gasteiger partial charge is 0.496 e. The van der Waals surface area contributed by atoms with Gasteiger partial charge in [0.05, 0.1) is 32.0 Å². The Kier molecular flexibility index (Phi) is 9.68. The molecule has 0 bridgehead atoms. The second-order valence-electron chi connectivity index (χ2n) is 7.23. The van der Waals surface area contributed by atoms with Gasteiger partial charge in [0.25, 0.3) is 11.8 Å². The summed E-state index contributed by atoms with van der Waals surface area (Å²) in [5, 5.41) is 6.50. The SMILES string of the molecule is CCOc1cc(C=NNC(=O)CNC(=O)c2ccccc2OC)ccc1OCc1ccc(Br)cc1. The molecule has 3 aromatic carbocycles. The molecule has 0 fully saturated rings. The molecule has 2 amide bonds. The number of benzene rings is 3. The molecule has 0 aliphatic carbocycles. The highest BCUT2D eigenvalue weighted by molar-refractivity contribution is 9.10. The summed E-state index contributed by atoms with van der Waals surface area (Å²) >= 11 is 3.42. The second-order valence-corrected chi connectivity index (χ2v) is 8.15. The van der Waals surface area contributed by atoms with Crippen molar-refractivity contribution in [3.63, 3.8) is 0 Å². The van der Waals surface area contributed by atoms with Gasteiger partial charge >= 0.3 is 0 Å². The van der Waals surface area contributed by atoms with Gasteiger partial charge in [0.2, 0.25) is 0 Å². The molecule has 0 atom stereocenters. The maximum Gasteiger partial charge on any atom is 0.259 e. The summed E-state index contributed by atoms with van der Waals surface area (Å²) in [6.07, 6.45) is 1.49. The Morgan fingerprint density at radius 2 is 1.74 bits per heavy atom. The zero-order valence-electron chi connectivity index (χ0n) is 19.4. The molecule has 0 aromatic heterocycles. The number of ether oxygens (including phenoxy) is 3. The number of amides is 2. The fourth-order valence-corrected chi connectivity index (χ4v) is 3.30. The number of hydrazone groups is 1. The molecule has 0 aliphatic rings. The normalized spacial score (nSPS) is 10.6. The summed E-state index contributed by atoms with van der Waals surface area (Å²) in [6, 6.07) is 20.0. The molecule has 0 radical (unpaired) electrons. The Balaban J connectivity index is 1.53. The van der Waals surface area contributed by atoms with Crippen LogP contribution in [-0.4, -0.2) is 38.3 Å². The molecule has 9 heteroatoms. The first-order chi connectivity index (χ1) is 17.0. The maximum absolute atomic E-state index is 12.3. The van der Waals surface area contributed by atoms with E-state index >= 15 is 0 Å². The van der Waals surface area contributed by atoms with Gasteiger partial charge in [-0.25, -0.2) is 5.43 Å². The van der Waals surface area contributed by atoms with Crippen LogP contribution in [0.1, 0.15) is 28.4 Å². The average Bonchev–Trinajstić information content (AvgIpc) is 2.88. The molecule has 0 aliphatic heterocycles. The predicted molar refractivity (Wildman–Crippen MR) is 137 cm³/mol. The third-order valence-electron chi connectivity index (χ3n) is 4.74. The first-order valence-electron chi connectivity index (χ1n) is 10.9. The lowest BCUT2D eigenvalue weighted by Crippen LogP contribution is -2.35. The van der Waals surface area contributed by atoms with Crippen molar-refractivity contribution in [3.05, 3.63) is 87.9 Å². The van der Waals surface area contributed by atoms with Crippen molar-refractivity contribution >= 4 is 34.0 Å². The molecule has 2 N–H and O–H groups in total. The van der Waals surface area contributed by atoms with Crippen LogP contribution >= 0.6 is 15.9 Å². The van der Waals surface area contributed by atoms with Gasteiger partial charge in [0, 0.05) is 4.47 Å². The van der Waals surface area contributed by atoms with Crippen molar-refractivity contribution in [2.24, 2.45) is 5.10 Å². The Bertz CT molecular complexity index is 1180. The molecule has 0 saturated carbocycles. The molecule has 8 nitrogen and oxygen atoms in total. The fourth-order valence-electron chi connectivity index (χ4n) is 3.04. The van der Waals surface area contributed by atoms with E-state index in [4.69, 9.17) is 14.2 Å². The number of para-hydroxylation sites is 1. The van der Waals surface area contributed by atoms with Gasteiger partial charge in [-0.1, -0.05) is 40.2 Å². The first kappa shape index (κ1) is 25.8. The minimum Gasteiger partial charge on any atom is -0.496 e. The quantitative estimate of drug-likeness (QED) is 0.279. The molecular formula is C26H26BrN3O5. The van der Waals surface area contributed by atoms with Gasteiger partial charge in [-0.05, 0) is 60.5 Å². The van der Waals surface area contributed by atoms with E-state index in [1.165, 1.54) is 13.3 Å². The minimum absolute atomic E-state index is 0.235. The number of nitrogens with one attached hydrogen (secondary N) is 2. The number of nitrogens with zero attached hydrogens (tertiary/aromatic N) is 1. The van der Waals surface area contributed by atoms with Crippen molar-refractivity contribution in [2.45, 2.75) is 13.5 Å². The molecule has 182 valence electrons. The number of halogens is 1. The van der Waals surface area contributed by atoms with Gasteiger partial charge in [0.1, 0.15) is 12.4 Å². The predicted octanol–water partition coefficient (Wildman–Crippen LogP) is 4.32. The third-order valence-corrected chi connectivity index (χ3v) is 5.27. The monoisotopic (exact) mass is 539 g/mol. The topological polar surface area (TPSA) is 98.2 Å². The molecule has 0 saturated heterocycles. The summed E-state index contributed by atoms with van der Waals surface area (Å²) < 4.78 is 17.8. The molecule has 0 unspecified atom stereocenters. The van der Waals surface area contributed by atoms with Crippen LogP contribution in [0.4, 0.5) is 0 Å². The van der Waals surface area contributed by atoms with Crippen LogP contribution in [-0.2, 0) is 11.4 Å². The highest BCUT2D eigenvalue weighted by Crippen LogP contribution is 2.29. The molecule has 3 rings (SSSR count). The third kappa shape index (κ3) is 7.86. The maximum atomic E-state index is 12.3. The summed E-state index contributed by atoms with van der Waals surface area (Å²) in [5.74, 6) is 0.724. The van der Waals surface area contributed by atoms with Gasteiger partial charge in [-0.3, -0.25) is 9.59 Å². The van der Waals surface area contributed by atoms with Crippen LogP contribution in [0.25, 0.3) is 0 Å². The van der Waals surface area contributed by atoms with E-state index in [-0.39, 0.29) is 6.54 Å². The molecule has 0 heterocycles. The van der Waals surface area contributed by atoms with Crippen LogP contribution in [0.3, 0.4) is 0 Å². The second kappa shape index (κ2) is 13.1. The van der Waals surface area contributed by atoms with Crippen molar-refractivity contribution in [1.82, 2.24) is 10.7 Å². The van der Waals surface area contributed by atoms with Crippen LogP contribution < -0.4 is 25.0 Å². The number of carbonyl (C=O) groups excluding carboxylic acids is 2.